The fourth-order valence-electron chi connectivity index (χ4n) is 3.09. The molecule has 0 aromatic rings. The molecule has 1 aliphatic heterocycles. The number of nitrogens with zero attached hydrogens (tertiary/aromatic N) is 1. The number of piperidine rings is 1. The maximum atomic E-state index is 13.1. The Morgan fingerprint density at radius 2 is 1.86 bits per heavy atom. The van der Waals surface area contributed by atoms with Crippen molar-refractivity contribution < 1.29 is 14.3 Å². The fourth-order valence-corrected chi connectivity index (χ4v) is 3.09. The number of esters is 1. The van der Waals surface area contributed by atoms with Gasteiger partial charge >= 0.3 is 5.97 Å². The van der Waals surface area contributed by atoms with Crippen LogP contribution in [0.25, 0.3) is 0 Å². The van der Waals surface area contributed by atoms with E-state index in [0.29, 0.717) is 6.61 Å². The molecule has 0 aromatic carbocycles. The van der Waals surface area contributed by atoms with Crippen molar-refractivity contribution in [2.45, 2.75) is 59.4 Å². The largest absolute Gasteiger partial charge is 0.465 e. The Morgan fingerprint density at radius 3 is 2.33 bits per heavy atom. The van der Waals surface area contributed by atoms with Crippen LogP contribution >= 0.6 is 0 Å². The van der Waals surface area contributed by atoms with Crippen molar-refractivity contribution in [3.63, 3.8) is 0 Å². The molecule has 1 aliphatic rings. The smallest absolute Gasteiger partial charge is 0.325 e. The highest BCUT2D eigenvalue weighted by Crippen LogP contribution is 2.36. The first-order valence-electron chi connectivity index (χ1n) is 8.14. The molecule has 0 atom stereocenters. The lowest BCUT2D eigenvalue weighted by molar-refractivity contribution is -0.155. The first-order valence-corrected chi connectivity index (χ1v) is 8.14. The van der Waals surface area contributed by atoms with E-state index in [4.69, 9.17) is 4.74 Å². The van der Waals surface area contributed by atoms with Crippen LogP contribution in [0.3, 0.4) is 0 Å². The molecule has 5 heteroatoms. The predicted molar refractivity (Wildman–Crippen MR) is 82.9 cm³/mol. The van der Waals surface area contributed by atoms with E-state index in [2.05, 4.69) is 12.2 Å². The van der Waals surface area contributed by atoms with Gasteiger partial charge in [-0.25, -0.2) is 0 Å². The number of amides is 1. The molecule has 1 N–H and O–H groups in total. The molecule has 5 nitrogen and oxygen atoms in total. The number of nitrogens with one attached hydrogen (secondary N) is 1. The van der Waals surface area contributed by atoms with E-state index >= 15 is 0 Å². The molecule has 0 unspecified atom stereocenters. The molecule has 1 rings (SSSR count). The number of carbonyl (C=O) groups excluding carboxylic acids is 2. The van der Waals surface area contributed by atoms with Crippen LogP contribution in [0.5, 0.6) is 0 Å². The number of hydrogen-bond acceptors (Lipinski definition) is 4. The zero-order chi connectivity index (χ0) is 15.9. The molecule has 0 bridgehead atoms. The minimum atomic E-state index is -0.319. The van der Waals surface area contributed by atoms with E-state index in [9.17, 15) is 9.59 Å². The monoisotopic (exact) mass is 298 g/mol. The molecule has 1 fully saturated rings. The molecule has 0 saturated carbocycles. The fraction of sp³-hybridized carbons (Fsp3) is 0.875. The van der Waals surface area contributed by atoms with Crippen LogP contribution in [0.2, 0.25) is 0 Å². The van der Waals surface area contributed by atoms with E-state index in [1.54, 1.807) is 11.8 Å². The van der Waals surface area contributed by atoms with Crippen LogP contribution in [0.1, 0.15) is 53.4 Å². The number of ether oxygens (including phenoxy) is 1. The Labute approximate surface area is 128 Å². The lowest BCUT2D eigenvalue weighted by atomic mass is 9.74. The van der Waals surface area contributed by atoms with Gasteiger partial charge in [-0.1, -0.05) is 13.3 Å². The second kappa shape index (κ2) is 8.37. The average molecular weight is 298 g/mol. The van der Waals surface area contributed by atoms with Crippen molar-refractivity contribution in [3.8, 4) is 0 Å². The number of carbonyl (C=O) groups is 2. The Kier molecular flexibility index (Phi) is 7.15. The SMILES string of the molecule is CCCC1(C(=O)N(CC(=O)OCC)C(C)C)CCNCC1. The summed E-state index contributed by atoms with van der Waals surface area (Å²) in [5.74, 6) is -0.200. The van der Waals surface area contributed by atoms with Gasteiger partial charge in [0.25, 0.3) is 0 Å². The second-order valence-electron chi connectivity index (χ2n) is 6.11. The molecular weight excluding hydrogens is 268 g/mol. The minimum Gasteiger partial charge on any atom is -0.465 e. The molecule has 0 aliphatic carbocycles. The first-order chi connectivity index (χ1) is 9.96. The minimum absolute atomic E-state index is 0.00511. The van der Waals surface area contributed by atoms with Gasteiger partial charge in [0, 0.05) is 6.04 Å². The second-order valence-corrected chi connectivity index (χ2v) is 6.11. The van der Waals surface area contributed by atoms with Gasteiger partial charge in [-0.3, -0.25) is 9.59 Å². The van der Waals surface area contributed by atoms with E-state index < -0.39 is 0 Å². The summed E-state index contributed by atoms with van der Waals surface area (Å²) in [6, 6.07) is 0.00511. The Balaban J connectivity index is 2.88. The van der Waals surface area contributed by atoms with Crippen LogP contribution in [0.15, 0.2) is 0 Å². The van der Waals surface area contributed by atoms with Gasteiger partial charge in [0.1, 0.15) is 6.54 Å². The summed E-state index contributed by atoms with van der Waals surface area (Å²) in [7, 11) is 0. The summed E-state index contributed by atoms with van der Waals surface area (Å²) in [5.41, 5.74) is -0.309. The van der Waals surface area contributed by atoms with Crippen LogP contribution in [0, 0.1) is 5.41 Å². The van der Waals surface area contributed by atoms with Gasteiger partial charge in [0.05, 0.1) is 12.0 Å². The van der Waals surface area contributed by atoms with Gasteiger partial charge in [0.2, 0.25) is 5.91 Å². The Bertz CT molecular complexity index is 344. The molecule has 1 heterocycles. The van der Waals surface area contributed by atoms with Gasteiger partial charge in [-0.15, -0.1) is 0 Å². The topological polar surface area (TPSA) is 58.6 Å². The molecule has 0 radical (unpaired) electrons. The molecule has 21 heavy (non-hydrogen) atoms. The summed E-state index contributed by atoms with van der Waals surface area (Å²) in [6.07, 6.45) is 3.58. The van der Waals surface area contributed by atoms with Crippen molar-refractivity contribution in [2.24, 2.45) is 5.41 Å². The standard InChI is InChI=1S/C16H30N2O3/c1-5-7-16(8-10-17-11-9-16)15(20)18(13(3)4)12-14(19)21-6-2/h13,17H,5-12H2,1-4H3. The summed E-state index contributed by atoms with van der Waals surface area (Å²) in [4.78, 5) is 26.6. The van der Waals surface area contributed by atoms with Crippen LogP contribution in [0.4, 0.5) is 0 Å². The number of hydrogen-bond donors (Lipinski definition) is 1. The zero-order valence-corrected chi connectivity index (χ0v) is 13.9. The highest BCUT2D eigenvalue weighted by atomic mass is 16.5. The summed E-state index contributed by atoms with van der Waals surface area (Å²) in [5, 5.41) is 3.32. The molecule has 1 amide bonds. The lowest BCUT2D eigenvalue weighted by Crippen LogP contribution is -2.52. The van der Waals surface area contributed by atoms with Crippen molar-refractivity contribution in [3.05, 3.63) is 0 Å². The maximum Gasteiger partial charge on any atom is 0.325 e. The van der Waals surface area contributed by atoms with Gasteiger partial charge in [0.15, 0.2) is 0 Å². The summed E-state index contributed by atoms with van der Waals surface area (Å²) in [6.45, 7) is 9.96. The van der Waals surface area contributed by atoms with Crippen molar-refractivity contribution in [2.75, 3.05) is 26.2 Å². The predicted octanol–water partition coefficient (Wildman–Crippen LogP) is 1.96. The third-order valence-corrected chi connectivity index (χ3v) is 4.23. The quantitative estimate of drug-likeness (QED) is 0.730. The lowest BCUT2D eigenvalue weighted by Gasteiger charge is -2.41. The van der Waals surface area contributed by atoms with Gasteiger partial charge in [-0.05, 0) is 53.1 Å². The molecule has 0 aromatic heterocycles. The Morgan fingerprint density at radius 1 is 1.24 bits per heavy atom. The van der Waals surface area contributed by atoms with Crippen LogP contribution < -0.4 is 5.32 Å². The van der Waals surface area contributed by atoms with E-state index in [1.165, 1.54) is 0 Å². The molecular formula is C16H30N2O3. The van der Waals surface area contributed by atoms with Crippen LogP contribution in [-0.2, 0) is 14.3 Å². The zero-order valence-electron chi connectivity index (χ0n) is 13.9. The molecule has 0 spiro atoms. The normalized spacial score (nSPS) is 17.6. The summed E-state index contributed by atoms with van der Waals surface area (Å²) < 4.78 is 5.01. The van der Waals surface area contributed by atoms with E-state index in [1.807, 2.05) is 13.8 Å². The van der Waals surface area contributed by atoms with E-state index in [0.717, 1.165) is 38.8 Å². The Hall–Kier alpha value is -1.10. The third kappa shape index (κ3) is 4.70. The van der Waals surface area contributed by atoms with Gasteiger partial charge < -0.3 is 15.0 Å². The van der Waals surface area contributed by atoms with Crippen molar-refractivity contribution in [1.82, 2.24) is 10.2 Å². The van der Waals surface area contributed by atoms with Gasteiger partial charge in [-0.2, -0.15) is 0 Å². The average Bonchev–Trinajstić information content (AvgIpc) is 2.45. The highest BCUT2D eigenvalue weighted by molar-refractivity contribution is 5.86. The molecule has 122 valence electrons. The van der Waals surface area contributed by atoms with Crippen LogP contribution in [-0.4, -0.2) is 49.1 Å². The van der Waals surface area contributed by atoms with Crippen molar-refractivity contribution >= 4 is 11.9 Å². The summed E-state index contributed by atoms with van der Waals surface area (Å²) >= 11 is 0. The van der Waals surface area contributed by atoms with E-state index in [-0.39, 0.29) is 29.9 Å². The van der Waals surface area contributed by atoms with Crippen molar-refractivity contribution in [1.29, 1.82) is 0 Å². The highest BCUT2D eigenvalue weighted by Gasteiger charge is 2.42. The first kappa shape index (κ1) is 18.0. The molecule has 1 saturated heterocycles. The maximum absolute atomic E-state index is 13.1. The number of rotatable bonds is 7. The third-order valence-electron chi connectivity index (χ3n) is 4.23.